The van der Waals surface area contributed by atoms with Gasteiger partial charge in [-0.3, -0.25) is 0 Å². The zero-order valence-electron chi connectivity index (χ0n) is 12.9. The molecule has 0 aromatic heterocycles. The second-order valence-corrected chi connectivity index (χ2v) is 12.7. The Bertz CT molecular complexity index is 473. The molecule has 120 valence electrons. The Hall–Kier alpha value is 0.890. The average Bonchev–Trinajstić information content (AvgIpc) is 3.19. The van der Waals surface area contributed by atoms with Gasteiger partial charge in [-0.15, -0.1) is 0 Å². The van der Waals surface area contributed by atoms with Crippen molar-refractivity contribution in [2.45, 2.75) is 59.5 Å². The van der Waals surface area contributed by atoms with Crippen molar-refractivity contribution in [3.05, 3.63) is 0 Å². The summed E-state index contributed by atoms with van der Waals surface area (Å²) in [5, 5.41) is 0. The van der Waals surface area contributed by atoms with Crippen LogP contribution >= 0.6 is 22.6 Å². The first kappa shape index (κ1) is 15.4. The molecule has 1 aliphatic heterocycles. The van der Waals surface area contributed by atoms with Crippen LogP contribution < -0.4 is 25.0 Å². The van der Waals surface area contributed by atoms with E-state index >= 15 is 0 Å². The third kappa shape index (κ3) is 2.15. The maximum absolute atomic E-state index is 12.9. The quantitative estimate of drug-likeness (QED) is 0.144. The molecule has 1 saturated heterocycles. The molecule has 4 aliphatic carbocycles. The van der Waals surface area contributed by atoms with Crippen molar-refractivity contribution < 1.29 is 31.0 Å². The van der Waals surface area contributed by atoms with Crippen LogP contribution in [0.3, 0.4) is 0 Å². The molecule has 7 atom stereocenters. The summed E-state index contributed by atoms with van der Waals surface area (Å²) in [6.45, 7) is 6.60. The number of hydrogen-bond donors (Lipinski definition) is 1. The number of halogens is 2. The van der Waals surface area contributed by atoms with E-state index in [1.165, 1.54) is 25.7 Å². The van der Waals surface area contributed by atoms with Gasteiger partial charge in [0.15, 0.2) is 0 Å². The SMILES string of the molecule is CC(C)C1(OC(=O)C(C)(I)C2N[I-]2)C2CC3CC(C2)C1C3. The van der Waals surface area contributed by atoms with Crippen LogP contribution in [0.25, 0.3) is 0 Å². The van der Waals surface area contributed by atoms with Crippen LogP contribution in [0.2, 0.25) is 0 Å². The molecule has 0 aromatic carbocycles. The van der Waals surface area contributed by atoms with Crippen molar-refractivity contribution in [2.24, 2.45) is 29.6 Å². The molecule has 7 unspecified atom stereocenters. The topological polar surface area (TPSA) is 48.2 Å². The molecule has 0 aromatic rings. The third-order valence-corrected chi connectivity index (χ3v) is 11.2. The van der Waals surface area contributed by atoms with E-state index in [0.717, 1.165) is 11.8 Å². The maximum atomic E-state index is 12.9. The normalized spacial score (nSPS) is 49.9. The van der Waals surface area contributed by atoms with Gasteiger partial charge < -0.3 is 0 Å². The first-order valence-electron chi connectivity index (χ1n) is 8.16. The molecular formula is C16H24I2NO2-. The van der Waals surface area contributed by atoms with Gasteiger partial charge in [0.05, 0.1) is 0 Å². The van der Waals surface area contributed by atoms with Crippen molar-refractivity contribution in [3.8, 4) is 0 Å². The Morgan fingerprint density at radius 1 is 1.38 bits per heavy atom. The molecule has 21 heavy (non-hydrogen) atoms. The van der Waals surface area contributed by atoms with E-state index in [2.05, 4.69) is 46.9 Å². The summed E-state index contributed by atoms with van der Waals surface area (Å²) in [6.07, 6.45) is 5.30. The number of esters is 1. The molecular weight excluding hydrogens is 492 g/mol. The van der Waals surface area contributed by atoms with E-state index < -0.39 is 0 Å². The van der Waals surface area contributed by atoms with E-state index in [0.29, 0.717) is 21.8 Å². The van der Waals surface area contributed by atoms with E-state index in [1.54, 1.807) is 0 Å². The van der Waals surface area contributed by atoms with E-state index in [9.17, 15) is 4.79 Å². The molecule has 5 heteroatoms. The third-order valence-electron chi connectivity index (χ3n) is 6.48. The van der Waals surface area contributed by atoms with E-state index in [4.69, 9.17) is 4.74 Å². The van der Waals surface area contributed by atoms with Crippen LogP contribution in [0, 0.1) is 29.6 Å². The molecule has 0 amide bonds. The van der Waals surface area contributed by atoms with Crippen molar-refractivity contribution in [1.82, 2.24) is 3.53 Å². The number of hydrogen-bond acceptors (Lipinski definition) is 3. The number of ether oxygens (including phenoxy) is 1. The average molecular weight is 516 g/mol. The Kier molecular flexibility index (Phi) is 3.63. The monoisotopic (exact) mass is 516 g/mol. The van der Waals surface area contributed by atoms with Gasteiger partial charge in [0.2, 0.25) is 0 Å². The Morgan fingerprint density at radius 2 is 2.10 bits per heavy atom. The van der Waals surface area contributed by atoms with Gasteiger partial charge in [0.25, 0.3) is 0 Å². The second kappa shape index (κ2) is 4.94. The molecule has 5 fully saturated rings. The Balaban J connectivity index is 1.62. The fourth-order valence-corrected chi connectivity index (χ4v) is 8.85. The van der Waals surface area contributed by atoms with Crippen LogP contribution in [0.5, 0.6) is 0 Å². The zero-order valence-corrected chi connectivity index (χ0v) is 17.2. The van der Waals surface area contributed by atoms with Crippen LogP contribution in [-0.4, -0.2) is 19.0 Å². The van der Waals surface area contributed by atoms with Crippen molar-refractivity contribution >= 4 is 28.6 Å². The summed E-state index contributed by atoms with van der Waals surface area (Å²) in [5.41, 5.74) is -0.158. The number of carbonyl (C=O) groups excluding carboxylic acids is 1. The van der Waals surface area contributed by atoms with E-state index in [-0.39, 0.29) is 36.5 Å². The minimum atomic E-state index is -0.368. The summed E-state index contributed by atoms with van der Waals surface area (Å²) in [5.74, 6) is 3.50. The summed E-state index contributed by atoms with van der Waals surface area (Å²) in [7, 11) is 0. The molecule has 5 rings (SSSR count). The van der Waals surface area contributed by atoms with Gasteiger partial charge in [0, 0.05) is 0 Å². The van der Waals surface area contributed by atoms with Gasteiger partial charge in [0.1, 0.15) is 0 Å². The number of rotatable bonds is 4. The van der Waals surface area contributed by atoms with E-state index in [1.807, 2.05) is 0 Å². The molecule has 1 N–H and O–H groups in total. The number of carbonyl (C=O) groups is 1. The summed E-state index contributed by atoms with van der Waals surface area (Å²) in [4.78, 5) is 12.9. The van der Waals surface area contributed by atoms with Gasteiger partial charge in [-0.2, -0.15) is 0 Å². The molecule has 4 bridgehead atoms. The molecule has 1 heterocycles. The van der Waals surface area contributed by atoms with Crippen LogP contribution in [0.4, 0.5) is 0 Å². The fraction of sp³-hybridized carbons (Fsp3) is 0.938. The van der Waals surface area contributed by atoms with Gasteiger partial charge in [-0.05, 0) is 0 Å². The van der Waals surface area contributed by atoms with Crippen LogP contribution in [0.15, 0.2) is 0 Å². The summed E-state index contributed by atoms with van der Waals surface area (Å²) in [6, 6.07) is 0. The van der Waals surface area contributed by atoms with Gasteiger partial charge >= 0.3 is 152 Å². The number of alkyl halides is 2. The predicted molar refractivity (Wildman–Crippen MR) is 85.4 cm³/mol. The first-order chi connectivity index (χ1) is 9.85. The molecule has 0 radical (unpaired) electrons. The molecule has 5 aliphatic rings. The van der Waals surface area contributed by atoms with Gasteiger partial charge in [-0.1, -0.05) is 0 Å². The Labute approximate surface area is 151 Å². The summed E-state index contributed by atoms with van der Waals surface area (Å²) < 4.78 is 9.85. The van der Waals surface area contributed by atoms with Crippen LogP contribution in [0.1, 0.15) is 46.5 Å². The fourth-order valence-electron chi connectivity index (χ4n) is 5.56. The number of nitrogens with one attached hydrogen (secondary N) is 1. The molecule has 0 spiro atoms. The van der Waals surface area contributed by atoms with Gasteiger partial charge in [-0.25, -0.2) is 0 Å². The Morgan fingerprint density at radius 3 is 2.67 bits per heavy atom. The first-order valence-corrected chi connectivity index (χ1v) is 11.6. The zero-order chi connectivity index (χ0) is 15.0. The van der Waals surface area contributed by atoms with Crippen molar-refractivity contribution in [1.29, 1.82) is 0 Å². The van der Waals surface area contributed by atoms with Crippen molar-refractivity contribution in [2.75, 3.05) is 0 Å². The summed E-state index contributed by atoms with van der Waals surface area (Å²) >= 11 is 2.35. The minimum absolute atomic E-state index is 0.0273. The standard InChI is InChI=1S/C16H24I2NO2/c1-8(2)16(21-14(20)15(3,17)13-18-19-13)11-5-9-4-10(7-11)12(16)6-9/h8-13,19H,4-7H2,1-3H3/q-1. The van der Waals surface area contributed by atoms with Crippen molar-refractivity contribution in [3.63, 3.8) is 0 Å². The predicted octanol–water partition coefficient (Wildman–Crippen LogP) is 0.117. The molecule has 4 saturated carbocycles. The van der Waals surface area contributed by atoms with Crippen LogP contribution in [-0.2, 0) is 9.53 Å². The molecule has 3 nitrogen and oxygen atoms in total. The second-order valence-electron chi connectivity index (χ2n) is 7.93.